The number of halogens is 1. The average molecular weight is 390 g/mol. The van der Waals surface area contributed by atoms with Crippen molar-refractivity contribution >= 4 is 46.6 Å². The Balaban J connectivity index is 1.64. The highest BCUT2D eigenvalue weighted by Gasteiger charge is 2.18. The van der Waals surface area contributed by atoms with Crippen LogP contribution in [0.25, 0.3) is 0 Å². The molecule has 26 heavy (non-hydrogen) atoms. The van der Waals surface area contributed by atoms with Gasteiger partial charge in [-0.25, -0.2) is 0 Å². The van der Waals surface area contributed by atoms with Gasteiger partial charge < -0.3 is 16.0 Å². The van der Waals surface area contributed by atoms with Gasteiger partial charge in [-0.3, -0.25) is 9.59 Å². The summed E-state index contributed by atoms with van der Waals surface area (Å²) in [4.78, 5) is 24.7. The molecular weight excluding hydrogens is 370 g/mol. The molecule has 1 aliphatic heterocycles. The van der Waals surface area contributed by atoms with Crippen LogP contribution in [0.15, 0.2) is 48.5 Å². The summed E-state index contributed by atoms with van der Waals surface area (Å²) >= 11 is 8.01. The number of hydrogen-bond acceptors (Lipinski definition) is 4. The first-order valence-electron chi connectivity index (χ1n) is 8.39. The van der Waals surface area contributed by atoms with Crippen LogP contribution in [0.1, 0.15) is 16.8 Å². The van der Waals surface area contributed by atoms with E-state index in [2.05, 4.69) is 16.0 Å². The van der Waals surface area contributed by atoms with Gasteiger partial charge in [0.15, 0.2) is 0 Å². The standard InChI is InChI=1S/C19H20ClN3O2S/c20-17-7-6-14(22-18(24)11-15-12-26-9-8-21-15)10-16(17)19(25)23-13-4-2-1-3-5-13/h1-7,10,15,21H,8-9,11-12H2,(H,22,24)(H,23,25). The molecule has 0 saturated carbocycles. The second-order valence-electron chi connectivity index (χ2n) is 5.99. The van der Waals surface area contributed by atoms with E-state index in [0.717, 1.165) is 18.1 Å². The first-order valence-corrected chi connectivity index (χ1v) is 9.92. The van der Waals surface area contributed by atoms with Crippen LogP contribution >= 0.6 is 23.4 Å². The van der Waals surface area contributed by atoms with Crippen LogP contribution in [-0.2, 0) is 4.79 Å². The van der Waals surface area contributed by atoms with Crippen LogP contribution in [0.2, 0.25) is 5.02 Å². The molecule has 0 aliphatic carbocycles. The zero-order valence-electron chi connectivity index (χ0n) is 14.1. The molecule has 0 bridgehead atoms. The van der Waals surface area contributed by atoms with Crippen LogP contribution in [0.4, 0.5) is 11.4 Å². The smallest absolute Gasteiger partial charge is 0.257 e. The van der Waals surface area contributed by atoms with Crippen molar-refractivity contribution in [1.82, 2.24) is 5.32 Å². The first kappa shape index (κ1) is 18.8. The van der Waals surface area contributed by atoms with Gasteiger partial charge in [0, 0.05) is 41.9 Å². The van der Waals surface area contributed by atoms with Crippen LogP contribution in [0, 0.1) is 0 Å². The van der Waals surface area contributed by atoms with Crippen LogP contribution in [-0.4, -0.2) is 35.9 Å². The second-order valence-corrected chi connectivity index (χ2v) is 7.55. The number of carbonyl (C=O) groups is 2. The predicted octanol–water partition coefficient (Wildman–Crippen LogP) is 3.63. The van der Waals surface area contributed by atoms with E-state index >= 15 is 0 Å². The van der Waals surface area contributed by atoms with Crippen molar-refractivity contribution in [2.24, 2.45) is 0 Å². The summed E-state index contributed by atoms with van der Waals surface area (Å²) in [5, 5.41) is 9.32. The third-order valence-corrected chi connectivity index (χ3v) is 5.42. The third-order valence-electron chi connectivity index (χ3n) is 3.96. The summed E-state index contributed by atoms with van der Waals surface area (Å²) in [7, 11) is 0. The summed E-state index contributed by atoms with van der Waals surface area (Å²) in [5.41, 5.74) is 1.56. The minimum Gasteiger partial charge on any atom is -0.326 e. The topological polar surface area (TPSA) is 70.2 Å². The molecule has 2 aromatic rings. The second kappa shape index (κ2) is 9.07. The fourth-order valence-corrected chi connectivity index (χ4v) is 3.84. The molecule has 1 saturated heterocycles. The van der Waals surface area contributed by atoms with Crippen LogP contribution in [0.5, 0.6) is 0 Å². The van der Waals surface area contributed by atoms with E-state index in [-0.39, 0.29) is 17.9 Å². The average Bonchev–Trinajstić information content (AvgIpc) is 2.65. The van der Waals surface area contributed by atoms with E-state index in [1.54, 1.807) is 30.3 Å². The summed E-state index contributed by atoms with van der Waals surface area (Å²) < 4.78 is 0. The van der Waals surface area contributed by atoms with Gasteiger partial charge in [-0.2, -0.15) is 11.8 Å². The van der Waals surface area contributed by atoms with Crippen molar-refractivity contribution in [3.8, 4) is 0 Å². The van der Waals surface area contributed by atoms with E-state index in [4.69, 9.17) is 11.6 Å². The molecule has 0 aromatic heterocycles. The van der Waals surface area contributed by atoms with E-state index in [1.807, 2.05) is 30.0 Å². The van der Waals surface area contributed by atoms with Gasteiger partial charge in [-0.15, -0.1) is 0 Å². The highest BCUT2D eigenvalue weighted by Crippen LogP contribution is 2.22. The normalized spacial score (nSPS) is 16.7. The molecule has 0 spiro atoms. The van der Waals surface area contributed by atoms with Gasteiger partial charge in [0.25, 0.3) is 5.91 Å². The Morgan fingerprint density at radius 2 is 1.92 bits per heavy atom. The maximum Gasteiger partial charge on any atom is 0.257 e. The van der Waals surface area contributed by atoms with Gasteiger partial charge in [0.05, 0.1) is 10.6 Å². The lowest BCUT2D eigenvalue weighted by Crippen LogP contribution is -2.39. The first-order chi connectivity index (χ1) is 12.6. The Hall–Kier alpha value is -2.02. The van der Waals surface area contributed by atoms with Crippen molar-refractivity contribution in [2.45, 2.75) is 12.5 Å². The molecule has 1 heterocycles. The molecule has 136 valence electrons. The molecule has 3 rings (SSSR count). The molecule has 2 amide bonds. The van der Waals surface area contributed by atoms with Gasteiger partial charge in [0.1, 0.15) is 0 Å². The zero-order chi connectivity index (χ0) is 18.4. The van der Waals surface area contributed by atoms with E-state index in [1.165, 1.54) is 0 Å². The van der Waals surface area contributed by atoms with Gasteiger partial charge >= 0.3 is 0 Å². The summed E-state index contributed by atoms with van der Waals surface area (Å²) in [5.74, 6) is 1.61. The summed E-state index contributed by atoms with van der Waals surface area (Å²) in [6.07, 6.45) is 0.404. The number of rotatable bonds is 5. The maximum atomic E-state index is 12.5. The highest BCUT2D eigenvalue weighted by molar-refractivity contribution is 7.99. The van der Waals surface area contributed by atoms with E-state index in [9.17, 15) is 9.59 Å². The van der Waals surface area contributed by atoms with Crippen molar-refractivity contribution in [1.29, 1.82) is 0 Å². The van der Waals surface area contributed by atoms with Crippen molar-refractivity contribution in [2.75, 3.05) is 28.7 Å². The molecule has 1 atom stereocenters. The Bertz CT molecular complexity index is 780. The number of nitrogens with one attached hydrogen (secondary N) is 3. The minimum atomic E-state index is -0.317. The van der Waals surface area contributed by atoms with Gasteiger partial charge in [-0.1, -0.05) is 29.8 Å². The van der Waals surface area contributed by atoms with Crippen molar-refractivity contribution in [3.05, 3.63) is 59.1 Å². The van der Waals surface area contributed by atoms with E-state index < -0.39 is 0 Å². The summed E-state index contributed by atoms with van der Waals surface area (Å²) in [6.45, 7) is 0.924. The molecule has 2 aromatic carbocycles. The summed E-state index contributed by atoms with van der Waals surface area (Å²) in [6, 6.07) is 14.2. The molecule has 7 heteroatoms. The number of hydrogen-bond donors (Lipinski definition) is 3. The Labute approximate surface area is 161 Å². The third kappa shape index (κ3) is 5.24. The van der Waals surface area contributed by atoms with Crippen LogP contribution < -0.4 is 16.0 Å². The molecule has 1 unspecified atom stereocenters. The maximum absolute atomic E-state index is 12.5. The molecular formula is C19H20ClN3O2S. The number of benzene rings is 2. The lowest BCUT2D eigenvalue weighted by atomic mass is 10.1. The van der Waals surface area contributed by atoms with Gasteiger partial charge in [0.2, 0.25) is 5.91 Å². The molecule has 3 N–H and O–H groups in total. The molecule has 1 aliphatic rings. The number of carbonyl (C=O) groups excluding carboxylic acids is 2. The van der Waals surface area contributed by atoms with Crippen molar-refractivity contribution < 1.29 is 9.59 Å². The molecule has 5 nitrogen and oxygen atoms in total. The SMILES string of the molecule is O=C(CC1CSCCN1)Nc1ccc(Cl)c(C(=O)Nc2ccccc2)c1. The number of thioether (sulfide) groups is 1. The number of para-hydroxylation sites is 1. The fourth-order valence-electron chi connectivity index (χ4n) is 2.68. The van der Waals surface area contributed by atoms with Gasteiger partial charge in [-0.05, 0) is 30.3 Å². The zero-order valence-corrected chi connectivity index (χ0v) is 15.7. The quantitative estimate of drug-likeness (QED) is 0.730. The minimum absolute atomic E-state index is 0.0817. The molecule has 1 fully saturated rings. The monoisotopic (exact) mass is 389 g/mol. The fraction of sp³-hybridized carbons (Fsp3) is 0.263. The predicted molar refractivity (Wildman–Crippen MR) is 108 cm³/mol. The highest BCUT2D eigenvalue weighted by atomic mass is 35.5. The lowest BCUT2D eigenvalue weighted by Gasteiger charge is -2.22. The van der Waals surface area contributed by atoms with E-state index in [0.29, 0.717) is 28.4 Å². The Morgan fingerprint density at radius 3 is 2.65 bits per heavy atom. The Morgan fingerprint density at radius 1 is 1.12 bits per heavy atom. The number of anilines is 2. The number of amides is 2. The lowest BCUT2D eigenvalue weighted by molar-refractivity contribution is -0.116. The van der Waals surface area contributed by atoms with Crippen LogP contribution in [0.3, 0.4) is 0 Å². The van der Waals surface area contributed by atoms with Crippen molar-refractivity contribution in [3.63, 3.8) is 0 Å². The largest absolute Gasteiger partial charge is 0.326 e. The Kier molecular flexibility index (Phi) is 6.55. The molecule has 0 radical (unpaired) electrons.